The molecule has 1 aromatic heterocycles. The standard InChI is InChI=1S/C5H6N2O4/c1-2-3-4(5(8)9)6-11-7(3)10/h2H2,1H3,(H,8,9). The Morgan fingerprint density at radius 1 is 1.91 bits per heavy atom. The quantitative estimate of drug-likeness (QED) is 0.589. The highest BCUT2D eigenvalue weighted by Crippen LogP contribution is 2.00. The monoisotopic (exact) mass is 158 g/mol. The average Bonchev–Trinajstić information content (AvgIpc) is 2.30. The van der Waals surface area contributed by atoms with Crippen molar-refractivity contribution in [2.75, 3.05) is 0 Å². The number of carboxylic acid groups (broad SMARTS) is 1. The molecule has 1 N–H and O–H groups in total. The fourth-order valence-corrected chi connectivity index (χ4v) is 0.725. The predicted molar refractivity (Wildman–Crippen MR) is 31.8 cm³/mol. The van der Waals surface area contributed by atoms with E-state index in [-0.39, 0.29) is 22.7 Å². The van der Waals surface area contributed by atoms with Gasteiger partial charge in [0, 0.05) is 6.42 Å². The molecule has 0 unspecified atom stereocenters. The second-order valence-corrected chi connectivity index (χ2v) is 1.88. The number of carboxylic acids is 1. The van der Waals surface area contributed by atoms with Crippen molar-refractivity contribution in [2.45, 2.75) is 13.3 Å². The molecule has 0 amide bonds. The van der Waals surface area contributed by atoms with Gasteiger partial charge in [0.2, 0.25) is 5.69 Å². The van der Waals surface area contributed by atoms with Crippen LogP contribution in [0, 0.1) is 5.21 Å². The molecule has 0 aliphatic carbocycles. The number of hydrogen-bond acceptors (Lipinski definition) is 4. The van der Waals surface area contributed by atoms with Gasteiger partial charge in [-0.2, -0.15) is 0 Å². The average molecular weight is 158 g/mol. The third-order valence-electron chi connectivity index (χ3n) is 1.24. The zero-order valence-electron chi connectivity index (χ0n) is 5.77. The molecule has 0 atom stereocenters. The number of aromatic carboxylic acids is 1. The van der Waals surface area contributed by atoms with Crippen molar-refractivity contribution in [1.82, 2.24) is 5.16 Å². The van der Waals surface area contributed by atoms with Crippen molar-refractivity contribution in [1.29, 1.82) is 0 Å². The van der Waals surface area contributed by atoms with E-state index in [1.54, 1.807) is 6.92 Å². The lowest BCUT2D eigenvalue weighted by molar-refractivity contribution is -0.807. The molecule has 0 aromatic carbocycles. The van der Waals surface area contributed by atoms with Gasteiger partial charge < -0.3 is 10.3 Å². The van der Waals surface area contributed by atoms with Crippen LogP contribution < -0.4 is 4.90 Å². The summed E-state index contributed by atoms with van der Waals surface area (Å²) in [7, 11) is 0. The minimum absolute atomic E-state index is 0.0394. The van der Waals surface area contributed by atoms with E-state index >= 15 is 0 Å². The molecule has 6 heteroatoms. The number of rotatable bonds is 2. The van der Waals surface area contributed by atoms with E-state index in [9.17, 15) is 10.0 Å². The Kier molecular flexibility index (Phi) is 1.75. The lowest BCUT2D eigenvalue weighted by Crippen LogP contribution is -2.28. The van der Waals surface area contributed by atoms with Crippen LogP contribution in [0.1, 0.15) is 23.1 Å². The SMILES string of the molecule is CCc1c(C(=O)O)no[n+]1[O-]. The van der Waals surface area contributed by atoms with Gasteiger partial charge in [-0.1, -0.05) is 6.92 Å². The molecule has 1 rings (SSSR count). The van der Waals surface area contributed by atoms with Crippen LogP contribution in [0.4, 0.5) is 0 Å². The van der Waals surface area contributed by atoms with Gasteiger partial charge in [0.1, 0.15) is 0 Å². The van der Waals surface area contributed by atoms with E-state index in [1.807, 2.05) is 0 Å². The lowest BCUT2D eigenvalue weighted by atomic mass is 10.3. The van der Waals surface area contributed by atoms with Crippen molar-refractivity contribution in [2.24, 2.45) is 0 Å². The molecule has 0 aliphatic heterocycles. The first-order valence-corrected chi connectivity index (χ1v) is 2.98. The minimum Gasteiger partial charge on any atom is -0.475 e. The topological polar surface area (TPSA) is 90.3 Å². The van der Waals surface area contributed by atoms with Crippen LogP contribution in [0.2, 0.25) is 0 Å². The summed E-state index contributed by atoms with van der Waals surface area (Å²) >= 11 is 0. The summed E-state index contributed by atoms with van der Waals surface area (Å²) in [5.41, 5.74) is -0.278. The molecule has 1 heterocycles. The van der Waals surface area contributed by atoms with Gasteiger partial charge in [-0.15, -0.1) is 0 Å². The maximum atomic E-state index is 10.6. The molecule has 0 saturated carbocycles. The van der Waals surface area contributed by atoms with Crippen LogP contribution in [-0.2, 0) is 6.42 Å². The molecule has 0 fully saturated rings. The van der Waals surface area contributed by atoms with E-state index < -0.39 is 5.97 Å². The van der Waals surface area contributed by atoms with Crippen molar-refractivity contribution in [3.05, 3.63) is 16.6 Å². The third kappa shape index (κ3) is 1.14. The Hall–Kier alpha value is -1.59. The molecule has 1 aromatic rings. The number of hydrogen-bond donors (Lipinski definition) is 1. The smallest absolute Gasteiger partial charge is 0.387 e. The second-order valence-electron chi connectivity index (χ2n) is 1.88. The zero-order valence-corrected chi connectivity index (χ0v) is 5.77. The van der Waals surface area contributed by atoms with Gasteiger partial charge in [-0.05, 0) is 4.90 Å². The van der Waals surface area contributed by atoms with E-state index in [4.69, 9.17) is 5.11 Å². The zero-order chi connectivity index (χ0) is 8.43. The second kappa shape index (κ2) is 2.57. The molecular weight excluding hydrogens is 152 g/mol. The summed E-state index contributed by atoms with van der Waals surface area (Å²) in [6.07, 6.45) is 0.286. The summed E-state index contributed by atoms with van der Waals surface area (Å²) in [6.45, 7) is 1.65. The van der Waals surface area contributed by atoms with Gasteiger partial charge in [0.05, 0.1) is 5.16 Å². The Bertz CT molecular complexity index is 280. The van der Waals surface area contributed by atoms with Crippen molar-refractivity contribution < 1.29 is 19.4 Å². The highest BCUT2D eigenvalue weighted by molar-refractivity contribution is 5.85. The minimum atomic E-state index is -1.25. The van der Waals surface area contributed by atoms with Gasteiger partial charge in [-0.25, -0.2) is 4.79 Å². The summed E-state index contributed by atoms with van der Waals surface area (Å²) in [4.78, 5) is 10.4. The largest absolute Gasteiger partial charge is 0.475 e. The van der Waals surface area contributed by atoms with Crippen molar-refractivity contribution in [3.8, 4) is 0 Å². The van der Waals surface area contributed by atoms with Crippen molar-refractivity contribution in [3.63, 3.8) is 0 Å². The lowest BCUT2D eigenvalue weighted by Gasteiger charge is -1.88. The van der Waals surface area contributed by atoms with Gasteiger partial charge >= 0.3 is 11.7 Å². The maximum absolute atomic E-state index is 10.6. The third-order valence-corrected chi connectivity index (χ3v) is 1.24. The number of nitrogens with zero attached hydrogens (tertiary/aromatic N) is 2. The predicted octanol–water partition coefficient (Wildman–Crippen LogP) is -0.431. The van der Waals surface area contributed by atoms with E-state index in [2.05, 4.69) is 9.79 Å². The van der Waals surface area contributed by atoms with Gasteiger partial charge in [-0.3, -0.25) is 4.63 Å². The maximum Gasteiger partial charge on any atom is 0.387 e. The van der Waals surface area contributed by atoms with E-state index in [0.29, 0.717) is 0 Å². The summed E-state index contributed by atoms with van der Waals surface area (Å²) in [6, 6.07) is 0. The molecule has 0 saturated heterocycles. The molecule has 0 bridgehead atoms. The number of aromatic nitrogens is 2. The number of carbonyl (C=O) groups is 1. The molecule has 0 radical (unpaired) electrons. The Morgan fingerprint density at radius 2 is 2.55 bits per heavy atom. The first-order valence-electron chi connectivity index (χ1n) is 2.98. The summed E-state index contributed by atoms with van der Waals surface area (Å²) in [5, 5.41) is 22.1. The molecule has 60 valence electrons. The van der Waals surface area contributed by atoms with E-state index in [0.717, 1.165) is 0 Å². The summed E-state index contributed by atoms with van der Waals surface area (Å²) < 4.78 is 4.08. The fraction of sp³-hybridized carbons (Fsp3) is 0.400. The molecule has 6 nitrogen and oxygen atoms in total. The Balaban J connectivity index is 3.15. The first-order chi connectivity index (χ1) is 5.16. The van der Waals surface area contributed by atoms with Crippen LogP contribution >= 0.6 is 0 Å². The van der Waals surface area contributed by atoms with Gasteiger partial charge in [0.15, 0.2) is 0 Å². The summed E-state index contributed by atoms with van der Waals surface area (Å²) in [5.74, 6) is -1.25. The molecule has 0 spiro atoms. The fourth-order valence-electron chi connectivity index (χ4n) is 0.725. The van der Waals surface area contributed by atoms with Crippen LogP contribution in [0.5, 0.6) is 0 Å². The normalized spacial score (nSPS) is 9.91. The highest BCUT2D eigenvalue weighted by atomic mass is 16.8. The highest BCUT2D eigenvalue weighted by Gasteiger charge is 2.23. The first kappa shape index (κ1) is 7.52. The molecular formula is C5H6N2O4. The van der Waals surface area contributed by atoms with Crippen LogP contribution in [0.15, 0.2) is 4.63 Å². The van der Waals surface area contributed by atoms with Crippen LogP contribution in [-0.4, -0.2) is 16.2 Å². The van der Waals surface area contributed by atoms with Crippen LogP contribution in [0.25, 0.3) is 0 Å². The molecule has 0 aliphatic rings. The Morgan fingerprint density at radius 3 is 2.91 bits per heavy atom. The molecule has 11 heavy (non-hydrogen) atoms. The van der Waals surface area contributed by atoms with E-state index in [1.165, 1.54) is 0 Å². The van der Waals surface area contributed by atoms with Crippen molar-refractivity contribution >= 4 is 5.97 Å². The van der Waals surface area contributed by atoms with Gasteiger partial charge in [0.25, 0.3) is 0 Å². The van der Waals surface area contributed by atoms with Crippen LogP contribution in [0.3, 0.4) is 0 Å². The Labute approximate surface area is 61.6 Å².